The average Bonchev–Trinajstić information content (AvgIpc) is 2.29. The summed E-state index contributed by atoms with van der Waals surface area (Å²) in [6.45, 7) is 6.17. The smallest absolute Gasteiger partial charge is 0.137 e. The molecule has 0 radical (unpaired) electrons. The van der Waals surface area contributed by atoms with Crippen LogP contribution in [0.15, 0.2) is 12.3 Å². The van der Waals surface area contributed by atoms with Gasteiger partial charge in [-0.15, -0.1) is 0 Å². The Morgan fingerprint density at radius 3 is 2.94 bits per heavy atom. The van der Waals surface area contributed by atoms with Crippen LogP contribution in [-0.4, -0.2) is 36.1 Å². The number of hydrogen-bond acceptors (Lipinski definition) is 3. The van der Waals surface area contributed by atoms with Crippen LogP contribution in [0, 0.1) is 6.92 Å². The quantitative estimate of drug-likeness (QED) is 0.776. The molecule has 3 nitrogen and oxygen atoms in total. The van der Waals surface area contributed by atoms with Crippen molar-refractivity contribution in [3.63, 3.8) is 0 Å². The van der Waals surface area contributed by atoms with Crippen LogP contribution in [0.2, 0.25) is 0 Å². The number of aryl methyl sites for hydroxylation is 2. The van der Waals surface area contributed by atoms with Crippen LogP contribution < -0.4 is 4.74 Å². The van der Waals surface area contributed by atoms with Gasteiger partial charge in [-0.2, -0.15) is 0 Å². The molecule has 3 heteroatoms. The van der Waals surface area contributed by atoms with Gasteiger partial charge in [-0.3, -0.25) is 9.88 Å². The maximum Gasteiger partial charge on any atom is 0.137 e. The number of nitrogens with zero attached hydrogens (tertiary/aromatic N) is 2. The highest BCUT2D eigenvalue weighted by Crippen LogP contribution is 2.19. The van der Waals surface area contributed by atoms with Crippen molar-refractivity contribution in [2.24, 2.45) is 0 Å². The highest BCUT2D eigenvalue weighted by molar-refractivity contribution is 5.28. The molecule has 88 valence electrons. The highest BCUT2D eigenvalue weighted by Gasteiger charge is 2.24. The summed E-state index contributed by atoms with van der Waals surface area (Å²) in [6.07, 6.45) is 4.09. The van der Waals surface area contributed by atoms with Crippen LogP contribution in [-0.2, 0) is 6.42 Å². The van der Waals surface area contributed by atoms with E-state index >= 15 is 0 Å². The third kappa shape index (κ3) is 2.35. The van der Waals surface area contributed by atoms with Gasteiger partial charge in [-0.1, -0.05) is 6.92 Å². The standard InChI is InChI=1S/C13H20N2O/c1-4-11-7-13(8-14-10(11)2)16-9-12-5-6-15(12)3/h7-8,12H,4-6,9H2,1-3H3/t12-/m1/s1. The first-order valence-electron chi connectivity index (χ1n) is 5.99. The summed E-state index contributed by atoms with van der Waals surface area (Å²) in [4.78, 5) is 6.67. The zero-order valence-electron chi connectivity index (χ0n) is 10.4. The molecule has 1 aromatic heterocycles. The van der Waals surface area contributed by atoms with Crippen LogP contribution >= 0.6 is 0 Å². The normalized spacial score (nSPS) is 20.6. The molecule has 2 rings (SSSR count). The lowest BCUT2D eigenvalue weighted by molar-refractivity contribution is 0.0767. The van der Waals surface area contributed by atoms with E-state index in [0.29, 0.717) is 6.04 Å². The first kappa shape index (κ1) is 11.4. The predicted octanol–water partition coefficient (Wildman–Crippen LogP) is 2.04. The zero-order valence-corrected chi connectivity index (χ0v) is 10.4. The lowest BCUT2D eigenvalue weighted by Crippen LogP contribution is -2.48. The molecule has 1 saturated heterocycles. The van der Waals surface area contributed by atoms with Gasteiger partial charge in [0.25, 0.3) is 0 Å². The molecule has 16 heavy (non-hydrogen) atoms. The van der Waals surface area contributed by atoms with Crippen molar-refractivity contribution in [1.29, 1.82) is 0 Å². The molecule has 0 saturated carbocycles. The van der Waals surface area contributed by atoms with E-state index in [-0.39, 0.29) is 0 Å². The molecule has 0 aromatic carbocycles. The van der Waals surface area contributed by atoms with Gasteiger partial charge in [0.1, 0.15) is 12.4 Å². The average molecular weight is 220 g/mol. The summed E-state index contributed by atoms with van der Waals surface area (Å²) >= 11 is 0. The van der Waals surface area contributed by atoms with Gasteiger partial charge in [0.2, 0.25) is 0 Å². The second-order valence-corrected chi connectivity index (χ2v) is 4.50. The Bertz CT molecular complexity index is 365. The van der Waals surface area contributed by atoms with Crippen molar-refractivity contribution in [2.75, 3.05) is 20.2 Å². The number of pyridine rings is 1. The number of hydrogen-bond donors (Lipinski definition) is 0. The first-order chi connectivity index (χ1) is 7.70. The van der Waals surface area contributed by atoms with Gasteiger partial charge in [0, 0.05) is 11.7 Å². The van der Waals surface area contributed by atoms with Crippen LogP contribution in [0.5, 0.6) is 5.75 Å². The fourth-order valence-electron chi connectivity index (χ4n) is 1.97. The van der Waals surface area contributed by atoms with Crippen molar-refractivity contribution < 1.29 is 4.74 Å². The van der Waals surface area contributed by atoms with Gasteiger partial charge >= 0.3 is 0 Å². The van der Waals surface area contributed by atoms with Crippen molar-refractivity contribution in [2.45, 2.75) is 32.7 Å². The second-order valence-electron chi connectivity index (χ2n) is 4.50. The maximum absolute atomic E-state index is 5.77. The molecular weight excluding hydrogens is 200 g/mol. The van der Waals surface area contributed by atoms with Gasteiger partial charge in [0.05, 0.1) is 6.20 Å². The Morgan fingerprint density at radius 1 is 1.56 bits per heavy atom. The third-order valence-corrected chi connectivity index (χ3v) is 3.43. The van der Waals surface area contributed by atoms with E-state index < -0.39 is 0 Å². The van der Waals surface area contributed by atoms with Crippen molar-refractivity contribution in [3.8, 4) is 5.75 Å². The van der Waals surface area contributed by atoms with E-state index in [9.17, 15) is 0 Å². The van der Waals surface area contributed by atoms with Gasteiger partial charge in [-0.05, 0) is 45.0 Å². The highest BCUT2D eigenvalue weighted by atomic mass is 16.5. The summed E-state index contributed by atoms with van der Waals surface area (Å²) in [7, 11) is 2.14. The summed E-state index contributed by atoms with van der Waals surface area (Å²) in [5.74, 6) is 0.905. The summed E-state index contributed by atoms with van der Waals surface area (Å²) in [6, 6.07) is 2.70. The van der Waals surface area contributed by atoms with Gasteiger partial charge in [-0.25, -0.2) is 0 Å². The van der Waals surface area contributed by atoms with Crippen LogP contribution in [0.4, 0.5) is 0 Å². The fraction of sp³-hybridized carbons (Fsp3) is 0.615. The number of likely N-dealkylation sites (N-methyl/N-ethyl adjacent to an activating group) is 1. The SMILES string of the molecule is CCc1cc(OC[C@H]2CCN2C)cnc1C. The molecule has 0 spiro atoms. The maximum atomic E-state index is 5.77. The van der Waals surface area contributed by atoms with Crippen LogP contribution in [0.1, 0.15) is 24.6 Å². The molecule has 2 heterocycles. The Balaban J connectivity index is 1.93. The van der Waals surface area contributed by atoms with E-state index in [0.717, 1.165) is 24.5 Å². The van der Waals surface area contributed by atoms with E-state index in [4.69, 9.17) is 4.74 Å². The van der Waals surface area contributed by atoms with Crippen molar-refractivity contribution >= 4 is 0 Å². The zero-order chi connectivity index (χ0) is 11.5. The fourth-order valence-corrected chi connectivity index (χ4v) is 1.97. The summed E-state index contributed by atoms with van der Waals surface area (Å²) < 4.78 is 5.77. The van der Waals surface area contributed by atoms with Crippen molar-refractivity contribution in [1.82, 2.24) is 9.88 Å². The molecule has 1 fully saturated rings. The molecule has 0 unspecified atom stereocenters. The Labute approximate surface area is 97.4 Å². The predicted molar refractivity (Wildman–Crippen MR) is 64.9 cm³/mol. The van der Waals surface area contributed by atoms with Crippen LogP contribution in [0.25, 0.3) is 0 Å². The lowest BCUT2D eigenvalue weighted by atomic mass is 10.1. The minimum atomic E-state index is 0.589. The van der Waals surface area contributed by atoms with Crippen molar-refractivity contribution in [3.05, 3.63) is 23.5 Å². The molecule has 0 aliphatic carbocycles. The first-order valence-corrected chi connectivity index (χ1v) is 5.99. The monoisotopic (exact) mass is 220 g/mol. The van der Waals surface area contributed by atoms with E-state index in [1.54, 1.807) is 0 Å². The minimum Gasteiger partial charge on any atom is -0.490 e. The molecule has 0 N–H and O–H groups in total. The number of likely N-dealkylation sites (tertiary alicyclic amines) is 1. The summed E-state index contributed by atoms with van der Waals surface area (Å²) in [5.41, 5.74) is 2.38. The molecule has 1 aliphatic rings. The molecule has 1 aromatic rings. The molecule has 1 atom stereocenters. The third-order valence-electron chi connectivity index (χ3n) is 3.43. The Hall–Kier alpha value is -1.09. The lowest BCUT2D eigenvalue weighted by Gasteiger charge is -2.37. The number of aromatic nitrogens is 1. The number of rotatable bonds is 4. The summed E-state index contributed by atoms with van der Waals surface area (Å²) in [5, 5.41) is 0. The minimum absolute atomic E-state index is 0.589. The van der Waals surface area contributed by atoms with E-state index in [2.05, 4.69) is 29.9 Å². The molecule has 0 amide bonds. The number of ether oxygens (including phenoxy) is 1. The Morgan fingerprint density at radius 2 is 2.38 bits per heavy atom. The van der Waals surface area contributed by atoms with Gasteiger partial charge in [0.15, 0.2) is 0 Å². The van der Waals surface area contributed by atoms with Gasteiger partial charge < -0.3 is 4.74 Å². The molecular formula is C13H20N2O. The second kappa shape index (κ2) is 4.83. The topological polar surface area (TPSA) is 25.4 Å². The Kier molecular flexibility index (Phi) is 3.44. The molecule has 0 bridgehead atoms. The van der Waals surface area contributed by atoms with E-state index in [1.807, 2.05) is 13.1 Å². The van der Waals surface area contributed by atoms with Crippen LogP contribution in [0.3, 0.4) is 0 Å². The molecule has 1 aliphatic heterocycles. The largest absolute Gasteiger partial charge is 0.490 e. The van der Waals surface area contributed by atoms with E-state index in [1.165, 1.54) is 18.5 Å².